The van der Waals surface area contributed by atoms with Gasteiger partial charge in [0.15, 0.2) is 0 Å². The maximum absolute atomic E-state index is 12.7. The topological polar surface area (TPSA) is 104 Å². The Kier molecular flexibility index (Phi) is 5.61. The molecule has 1 saturated heterocycles. The lowest BCUT2D eigenvalue weighted by Gasteiger charge is -2.30. The van der Waals surface area contributed by atoms with Gasteiger partial charge in [0.25, 0.3) is 0 Å². The SMILES string of the molecule is COc1ccc(-c2noc(N3CCC[C@H](C(=O)Nc4cccc(C#N)c4)C3)n2)cc1. The van der Waals surface area contributed by atoms with E-state index < -0.39 is 0 Å². The number of carbonyl (C=O) groups is 1. The summed E-state index contributed by atoms with van der Waals surface area (Å²) in [5.41, 5.74) is 1.96. The molecular formula is C22H21N5O3. The molecule has 4 rings (SSSR count). The Morgan fingerprint density at radius 3 is 2.90 bits per heavy atom. The highest BCUT2D eigenvalue weighted by molar-refractivity contribution is 5.93. The number of amides is 1. The van der Waals surface area contributed by atoms with Gasteiger partial charge in [-0.05, 0) is 55.3 Å². The monoisotopic (exact) mass is 403 g/mol. The lowest BCUT2D eigenvalue weighted by atomic mass is 9.97. The third kappa shape index (κ3) is 4.25. The van der Waals surface area contributed by atoms with Gasteiger partial charge in [-0.1, -0.05) is 11.2 Å². The minimum Gasteiger partial charge on any atom is -0.497 e. The number of carbonyl (C=O) groups excluding carboxylic acids is 1. The summed E-state index contributed by atoms with van der Waals surface area (Å²) >= 11 is 0. The second-order valence-electron chi connectivity index (χ2n) is 7.10. The Balaban J connectivity index is 1.43. The van der Waals surface area contributed by atoms with Crippen LogP contribution >= 0.6 is 0 Å². The maximum Gasteiger partial charge on any atom is 0.324 e. The van der Waals surface area contributed by atoms with Crippen LogP contribution in [0.25, 0.3) is 11.4 Å². The molecule has 3 aromatic rings. The Bertz CT molecular complexity index is 1070. The summed E-state index contributed by atoms with van der Waals surface area (Å²) in [4.78, 5) is 19.2. The van der Waals surface area contributed by atoms with Gasteiger partial charge in [-0.2, -0.15) is 10.2 Å². The number of hydrogen-bond acceptors (Lipinski definition) is 7. The molecule has 0 bridgehead atoms. The van der Waals surface area contributed by atoms with Crippen LogP contribution < -0.4 is 15.0 Å². The standard InChI is InChI=1S/C22H21N5O3/c1-29-19-9-7-16(8-10-19)20-25-22(30-26-20)27-11-3-5-17(14-27)21(28)24-18-6-2-4-15(12-18)13-23/h2,4,6-10,12,17H,3,5,11,14H2,1H3,(H,24,28)/t17-/m0/s1. The Morgan fingerprint density at radius 2 is 2.13 bits per heavy atom. The first-order chi connectivity index (χ1) is 14.7. The molecule has 0 unspecified atom stereocenters. The van der Waals surface area contributed by atoms with Gasteiger partial charge in [0.1, 0.15) is 5.75 Å². The summed E-state index contributed by atoms with van der Waals surface area (Å²) < 4.78 is 10.6. The molecular weight excluding hydrogens is 382 g/mol. The molecule has 2 heterocycles. The van der Waals surface area contributed by atoms with E-state index in [0.29, 0.717) is 29.6 Å². The minimum atomic E-state index is -0.208. The predicted molar refractivity (Wildman–Crippen MR) is 111 cm³/mol. The zero-order chi connectivity index (χ0) is 20.9. The Hall–Kier alpha value is -3.86. The van der Waals surface area contributed by atoms with E-state index in [9.17, 15) is 4.79 Å². The molecule has 30 heavy (non-hydrogen) atoms. The second-order valence-corrected chi connectivity index (χ2v) is 7.10. The first kappa shape index (κ1) is 19.5. The van der Waals surface area contributed by atoms with Crippen LogP contribution in [0.15, 0.2) is 53.1 Å². The summed E-state index contributed by atoms with van der Waals surface area (Å²) in [7, 11) is 1.62. The van der Waals surface area contributed by atoms with Gasteiger partial charge in [-0.15, -0.1) is 0 Å². The maximum atomic E-state index is 12.7. The first-order valence-corrected chi connectivity index (χ1v) is 9.70. The molecule has 1 fully saturated rings. The van der Waals surface area contributed by atoms with Gasteiger partial charge in [0.05, 0.1) is 24.7 Å². The highest BCUT2D eigenvalue weighted by Gasteiger charge is 2.28. The molecule has 0 aliphatic carbocycles. The van der Waals surface area contributed by atoms with E-state index in [1.807, 2.05) is 29.2 Å². The number of piperidine rings is 1. The molecule has 1 aromatic heterocycles. The van der Waals surface area contributed by atoms with E-state index in [2.05, 4.69) is 21.5 Å². The second kappa shape index (κ2) is 8.66. The molecule has 152 valence electrons. The summed E-state index contributed by atoms with van der Waals surface area (Å²) in [6.45, 7) is 1.24. The summed E-state index contributed by atoms with van der Waals surface area (Å²) in [6.07, 6.45) is 1.62. The number of benzene rings is 2. The fraction of sp³-hybridized carbons (Fsp3) is 0.273. The van der Waals surface area contributed by atoms with E-state index in [-0.39, 0.29) is 11.8 Å². The molecule has 8 heteroatoms. The normalized spacial score (nSPS) is 16.0. The number of ether oxygens (including phenoxy) is 1. The smallest absolute Gasteiger partial charge is 0.324 e. The van der Waals surface area contributed by atoms with Crippen molar-refractivity contribution in [2.45, 2.75) is 12.8 Å². The molecule has 1 aliphatic heterocycles. The van der Waals surface area contributed by atoms with Crippen LogP contribution in [0.4, 0.5) is 11.7 Å². The molecule has 0 spiro atoms. The van der Waals surface area contributed by atoms with Gasteiger partial charge >= 0.3 is 6.01 Å². The molecule has 0 radical (unpaired) electrons. The van der Waals surface area contributed by atoms with E-state index >= 15 is 0 Å². The summed E-state index contributed by atoms with van der Waals surface area (Å²) in [5, 5.41) is 16.0. The van der Waals surface area contributed by atoms with Crippen molar-refractivity contribution in [1.29, 1.82) is 5.26 Å². The van der Waals surface area contributed by atoms with Crippen molar-refractivity contribution in [3.63, 3.8) is 0 Å². The van der Waals surface area contributed by atoms with Crippen LogP contribution in [0.5, 0.6) is 5.75 Å². The number of methoxy groups -OCH3 is 1. The van der Waals surface area contributed by atoms with Crippen LogP contribution in [-0.2, 0) is 4.79 Å². The van der Waals surface area contributed by atoms with Gasteiger partial charge in [-0.3, -0.25) is 4.79 Å². The van der Waals surface area contributed by atoms with E-state index in [0.717, 1.165) is 30.7 Å². The zero-order valence-electron chi connectivity index (χ0n) is 16.5. The molecule has 2 aromatic carbocycles. The van der Waals surface area contributed by atoms with Crippen molar-refractivity contribution in [2.24, 2.45) is 5.92 Å². The van der Waals surface area contributed by atoms with Crippen molar-refractivity contribution in [3.05, 3.63) is 54.1 Å². The Labute approximate surface area is 174 Å². The Morgan fingerprint density at radius 1 is 1.30 bits per heavy atom. The van der Waals surface area contributed by atoms with E-state index in [1.165, 1.54) is 0 Å². The zero-order valence-corrected chi connectivity index (χ0v) is 16.5. The van der Waals surface area contributed by atoms with Crippen LogP contribution in [0.2, 0.25) is 0 Å². The number of rotatable bonds is 5. The summed E-state index contributed by atoms with van der Waals surface area (Å²) in [6, 6.07) is 16.8. The lowest BCUT2D eigenvalue weighted by Crippen LogP contribution is -2.41. The number of nitriles is 1. The summed E-state index contributed by atoms with van der Waals surface area (Å²) in [5.74, 6) is 0.964. The third-order valence-corrected chi connectivity index (χ3v) is 5.09. The van der Waals surface area contributed by atoms with Crippen molar-refractivity contribution >= 4 is 17.6 Å². The van der Waals surface area contributed by atoms with Crippen LogP contribution in [-0.4, -0.2) is 36.2 Å². The van der Waals surface area contributed by atoms with Crippen LogP contribution in [0.3, 0.4) is 0 Å². The number of hydrogen-bond donors (Lipinski definition) is 1. The van der Waals surface area contributed by atoms with Crippen molar-refractivity contribution in [3.8, 4) is 23.2 Å². The van der Waals surface area contributed by atoms with Crippen LogP contribution in [0.1, 0.15) is 18.4 Å². The molecule has 0 saturated carbocycles. The number of anilines is 2. The molecule has 8 nitrogen and oxygen atoms in total. The lowest BCUT2D eigenvalue weighted by molar-refractivity contribution is -0.120. The van der Waals surface area contributed by atoms with Gasteiger partial charge < -0.3 is 19.5 Å². The van der Waals surface area contributed by atoms with Gasteiger partial charge in [-0.25, -0.2) is 0 Å². The van der Waals surface area contributed by atoms with E-state index in [1.54, 1.807) is 31.4 Å². The van der Waals surface area contributed by atoms with Crippen LogP contribution in [0, 0.1) is 17.2 Å². The number of nitrogens with one attached hydrogen (secondary N) is 1. The average molecular weight is 403 g/mol. The van der Waals surface area contributed by atoms with Crippen molar-refractivity contribution in [2.75, 3.05) is 30.4 Å². The fourth-order valence-corrected chi connectivity index (χ4v) is 3.48. The molecule has 1 aliphatic rings. The molecule has 1 atom stereocenters. The largest absolute Gasteiger partial charge is 0.497 e. The van der Waals surface area contributed by atoms with Crippen molar-refractivity contribution < 1.29 is 14.1 Å². The number of nitrogens with zero attached hydrogens (tertiary/aromatic N) is 4. The number of aromatic nitrogens is 2. The quantitative estimate of drug-likeness (QED) is 0.695. The first-order valence-electron chi connectivity index (χ1n) is 9.70. The molecule has 1 N–H and O–H groups in total. The predicted octanol–water partition coefficient (Wildman–Crippen LogP) is 3.47. The third-order valence-electron chi connectivity index (χ3n) is 5.09. The fourth-order valence-electron chi connectivity index (χ4n) is 3.48. The van der Waals surface area contributed by atoms with E-state index in [4.69, 9.17) is 14.5 Å². The minimum absolute atomic E-state index is 0.0790. The highest BCUT2D eigenvalue weighted by atomic mass is 16.5. The highest BCUT2D eigenvalue weighted by Crippen LogP contribution is 2.26. The molecule has 1 amide bonds. The van der Waals surface area contributed by atoms with Crippen molar-refractivity contribution in [1.82, 2.24) is 10.1 Å². The average Bonchev–Trinajstić information content (AvgIpc) is 3.30. The van der Waals surface area contributed by atoms with Gasteiger partial charge in [0, 0.05) is 24.3 Å². The van der Waals surface area contributed by atoms with Gasteiger partial charge in [0.2, 0.25) is 11.7 Å².